The van der Waals surface area contributed by atoms with E-state index in [1.54, 1.807) is 0 Å². The van der Waals surface area contributed by atoms with E-state index in [4.69, 9.17) is 10.5 Å². The lowest BCUT2D eigenvalue weighted by Crippen LogP contribution is -2.52. The molecule has 5 nitrogen and oxygen atoms in total. The number of anilines is 1. The first kappa shape index (κ1) is 14.9. The van der Waals surface area contributed by atoms with Gasteiger partial charge in [-0.25, -0.2) is 0 Å². The Bertz CT molecular complexity index is 698. The standard InChI is InChI=1S/C17H19BrN4O/c18-13-9-12(1-2-14(13)19)15-3-4-17(21-20-15)23-16-10-22-7-5-11(16)6-8-22/h1-4,9,11,16H,5-8,10,19H2/t16-/m0/s1. The van der Waals surface area contributed by atoms with Crippen molar-refractivity contribution in [1.29, 1.82) is 0 Å². The number of halogens is 1. The zero-order valence-corrected chi connectivity index (χ0v) is 14.4. The van der Waals surface area contributed by atoms with Gasteiger partial charge in [0, 0.05) is 28.3 Å². The fraction of sp³-hybridized carbons (Fsp3) is 0.412. The Kier molecular flexibility index (Phi) is 3.95. The molecular weight excluding hydrogens is 356 g/mol. The number of nitrogens with two attached hydrogens (primary N) is 1. The van der Waals surface area contributed by atoms with Crippen LogP contribution in [0.25, 0.3) is 11.3 Å². The predicted octanol–water partition coefficient (Wildman–Crippen LogP) is 2.96. The van der Waals surface area contributed by atoms with E-state index in [2.05, 4.69) is 31.0 Å². The van der Waals surface area contributed by atoms with E-state index in [-0.39, 0.29) is 6.10 Å². The summed E-state index contributed by atoms with van der Waals surface area (Å²) in [5.74, 6) is 1.27. The second-order valence-electron chi connectivity index (χ2n) is 6.29. The lowest BCUT2D eigenvalue weighted by atomic mass is 9.86. The molecule has 23 heavy (non-hydrogen) atoms. The average molecular weight is 375 g/mol. The maximum absolute atomic E-state index is 6.08. The quantitative estimate of drug-likeness (QED) is 0.836. The Morgan fingerprint density at radius 1 is 1.13 bits per heavy atom. The Labute approximate surface area is 144 Å². The van der Waals surface area contributed by atoms with Crippen LogP contribution in [0, 0.1) is 5.92 Å². The average Bonchev–Trinajstić information content (AvgIpc) is 2.59. The van der Waals surface area contributed by atoms with E-state index in [1.165, 1.54) is 25.9 Å². The fourth-order valence-corrected chi connectivity index (χ4v) is 3.80. The fourth-order valence-electron chi connectivity index (χ4n) is 3.42. The van der Waals surface area contributed by atoms with Gasteiger partial charge in [0.2, 0.25) is 5.88 Å². The van der Waals surface area contributed by atoms with Crippen molar-refractivity contribution in [2.45, 2.75) is 18.9 Å². The van der Waals surface area contributed by atoms with Crippen molar-refractivity contribution in [3.8, 4) is 17.1 Å². The van der Waals surface area contributed by atoms with Crippen LogP contribution in [0.4, 0.5) is 5.69 Å². The van der Waals surface area contributed by atoms with Gasteiger partial charge in [-0.2, -0.15) is 0 Å². The number of aromatic nitrogens is 2. The van der Waals surface area contributed by atoms with E-state index < -0.39 is 0 Å². The second-order valence-corrected chi connectivity index (χ2v) is 7.14. The first-order valence-electron chi connectivity index (χ1n) is 7.97. The zero-order valence-electron chi connectivity index (χ0n) is 12.8. The number of hydrogen-bond donors (Lipinski definition) is 1. The maximum Gasteiger partial charge on any atom is 0.233 e. The first-order chi connectivity index (χ1) is 11.2. The summed E-state index contributed by atoms with van der Waals surface area (Å²) >= 11 is 3.44. The smallest absolute Gasteiger partial charge is 0.233 e. The zero-order chi connectivity index (χ0) is 15.8. The molecule has 2 bridgehead atoms. The summed E-state index contributed by atoms with van der Waals surface area (Å²) in [6.45, 7) is 3.43. The van der Waals surface area contributed by atoms with Gasteiger partial charge in [-0.05, 0) is 66.0 Å². The van der Waals surface area contributed by atoms with Crippen LogP contribution in [0.3, 0.4) is 0 Å². The van der Waals surface area contributed by atoms with E-state index in [0.717, 1.165) is 22.3 Å². The van der Waals surface area contributed by atoms with Crippen LogP contribution >= 0.6 is 15.9 Å². The van der Waals surface area contributed by atoms with Crippen molar-refractivity contribution in [2.75, 3.05) is 25.4 Å². The normalized spacial score (nSPS) is 26.2. The number of piperidine rings is 3. The minimum atomic E-state index is 0.253. The van der Waals surface area contributed by atoms with Gasteiger partial charge >= 0.3 is 0 Å². The van der Waals surface area contributed by atoms with Crippen molar-refractivity contribution >= 4 is 21.6 Å². The van der Waals surface area contributed by atoms with E-state index in [1.807, 2.05) is 30.3 Å². The molecule has 1 aromatic heterocycles. The Morgan fingerprint density at radius 3 is 2.57 bits per heavy atom. The number of hydrogen-bond acceptors (Lipinski definition) is 5. The van der Waals surface area contributed by atoms with Gasteiger partial charge in [0.15, 0.2) is 0 Å². The van der Waals surface area contributed by atoms with Crippen LogP contribution in [-0.2, 0) is 0 Å². The van der Waals surface area contributed by atoms with Gasteiger partial charge in [-0.15, -0.1) is 10.2 Å². The van der Waals surface area contributed by atoms with Crippen molar-refractivity contribution in [3.05, 3.63) is 34.8 Å². The van der Waals surface area contributed by atoms with Crippen LogP contribution in [0.2, 0.25) is 0 Å². The minimum Gasteiger partial charge on any atom is -0.472 e. The van der Waals surface area contributed by atoms with E-state index >= 15 is 0 Å². The molecule has 0 unspecified atom stereocenters. The van der Waals surface area contributed by atoms with Gasteiger partial charge in [0.1, 0.15) is 6.10 Å². The van der Waals surface area contributed by atoms with Crippen molar-refractivity contribution in [3.63, 3.8) is 0 Å². The van der Waals surface area contributed by atoms with Crippen LogP contribution in [0.15, 0.2) is 34.8 Å². The first-order valence-corrected chi connectivity index (χ1v) is 8.76. The molecule has 0 aliphatic carbocycles. The molecule has 3 saturated heterocycles. The third-order valence-corrected chi connectivity index (χ3v) is 5.49. The molecule has 0 saturated carbocycles. The molecule has 5 rings (SSSR count). The summed E-state index contributed by atoms with van der Waals surface area (Å²) in [4.78, 5) is 2.47. The number of ether oxygens (including phenoxy) is 1. The van der Waals surface area contributed by atoms with Crippen molar-refractivity contribution < 1.29 is 4.74 Å². The minimum absolute atomic E-state index is 0.253. The summed E-state index contributed by atoms with van der Waals surface area (Å²) in [7, 11) is 0. The molecular formula is C17H19BrN4O. The summed E-state index contributed by atoms with van der Waals surface area (Å²) in [6, 6.07) is 9.61. The number of nitrogens with zero attached hydrogens (tertiary/aromatic N) is 3. The molecule has 0 spiro atoms. The van der Waals surface area contributed by atoms with E-state index in [9.17, 15) is 0 Å². The molecule has 1 atom stereocenters. The van der Waals surface area contributed by atoms with Crippen molar-refractivity contribution in [1.82, 2.24) is 15.1 Å². The molecule has 3 aliphatic rings. The molecule has 0 amide bonds. The summed E-state index contributed by atoms with van der Waals surface area (Å²) in [6.07, 6.45) is 2.72. The number of rotatable bonds is 3. The number of nitrogen functional groups attached to an aromatic ring is 1. The highest BCUT2D eigenvalue weighted by atomic mass is 79.9. The van der Waals surface area contributed by atoms with Crippen LogP contribution in [0.5, 0.6) is 5.88 Å². The largest absolute Gasteiger partial charge is 0.472 e. The summed E-state index contributed by atoms with van der Waals surface area (Å²) in [5, 5.41) is 8.54. The maximum atomic E-state index is 6.08. The predicted molar refractivity (Wildman–Crippen MR) is 93.2 cm³/mol. The molecule has 4 heterocycles. The molecule has 0 radical (unpaired) electrons. The monoisotopic (exact) mass is 374 g/mol. The third kappa shape index (κ3) is 3.05. The van der Waals surface area contributed by atoms with Crippen LogP contribution < -0.4 is 10.5 Å². The molecule has 1 aromatic carbocycles. The molecule has 6 heteroatoms. The van der Waals surface area contributed by atoms with Crippen molar-refractivity contribution in [2.24, 2.45) is 5.92 Å². The molecule has 3 aliphatic heterocycles. The lowest BCUT2D eigenvalue weighted by Gasteiger charge is -2.44. The highest BCUT2D eigenvalue weighted by Crippen LogP contribution is 2.31. The Morgan fingerprint density at radius 2 is 1.96 bits per heavy atom. The third-order valence-electron chi connectivity index (χ3n) is 4.80. The van der Waals surface area contributed by atoms with Crippen LogP contribution in [-0.4, -0.2) is 40.8 Å². The Hall–Kier alpha value is -1.66. The van der Waals surface area contributed by atoms with Gasteiger partial charge in [0.05, 0.1) is 5.69 Å². The number of fused-ring (bicyclic) bond motifs is 3. The topological polar surface area (TPSA) is 64.3 Å². The van der Waals surface area contributed by atoms with Gasteiger partial charge in [-0.1, -0.05) is 6.07 Å². The highest BCUT2D eigenvalue weighted by molar-refractivity contribution is 9.10. The molecule has 2 N–H and O–H groups in total. The van der Waals surface area contributed by atoms with Crippen LogP contribution in [0.1, 0.15) is 12.8 Å². The molecule has 2 aromatic rings. The van der Waals surface area contributed by atoms with E-state index in [0.29, 0.717) is 17.5 Å². The van der Waals surface area contributed by atoms with Gasteiger partial charge in [-0.3, -0.25) is 4.90 Å². The molecule has 120 valence electrons. The van der Waals surface area contributed by atoms with Gasteiger partial charge in [0.25, 0.3) is 0 Å². The highest BCUT2D eigenvalue weighted by Gasteiger charge is 2.35. The molecule has 3 fully saturated rings. The number of benzene rings is 1. The SMILES string of the molecule is Nc1ccc(-c2ccc(O[C@H]3CN4CCC3CC4)nn2)cc1Br. The second kappa shape index (κ2) is 6.09. The lowest BCUT2D eigenvalue weighted by molar-refractivity contribution is -0.0103. The van der Waals surface area contributed by atoms with Gasteiger partial charge < -0.3 is 10.5 Å². The Balaban J connectivity index is 1.48. The summed E-state index contributed by atoms with van der Waals surface area (Å²) < 4.78 is 6.94. The summed E-state index contributed by atoms with van der Waals surface area (Å²) in [5.41, 5.74) is 8.32.